The van der Waals surface area contributed by atoms with Crippen LogP contribution in [0.25, 0.3) is 0 Å². The van der Waals surface area contributed by atoms with Crippen molar-refractivity contribution in [2.75, 3.05) is 18.0 Å². The molecule has 82 valence electrons. The fourth-order valence-corrected chi connectivity index (χ4v) is 2.25. The summed E-state index contributed by atoms with van der Waals surface area (Å²) in [4.78, 5) is 10.6. The van der Waals surface area contributed by atoms with E-state index in [0.717, 1.165) is 25.3 Å². The van der Waals surface area contributed by atoms with Gasteiger partial charge < -0.3 is 10.6 Å². The van der Waals surface area contributed by atoms with Crippen molar-refractivity contribution >= 4 is 5.82 Å². The largest absolute Gasteiger partial charge is 0.353 e. The van der Waals surface area contributed by atoms with Crippen molar-refractivity contribution in [1.29, 1.82) is 0 Å². The first-order valence-electron chi connectivity index (χ1n) is 5.64. The molecule has 0 aliphatic carbocycles. The lowest BCUT2D eigenvalue weighted by atomic mass is 9.99. The second kappa shape index (κ2) is 5.07. The summed E-state index contributed by atoms with van der Waals surface area (Å²) in [5.41, 5.74) is 5.64. The predicted molar refractivity (Wildman–Crippen MR) is 60.7 cm³/mol. The average molecular weight is 206 g/mol. The lowest BCUT2D eigenvalue weighted by Gasteiger charge is -2.36. The van der Waals surface area contributed by atoms with Gasteiger partial charge in [0, 0.05) is 18.8 Å². The smallest absolute Gasteiger partial charge is 0.132 e. The van der Waals surface area contributed by atoms with Gasteiger partial charge in [0.25, 0.3) is 0 Å². The summed E-state index contributed by atoms with van der Waals surface area (Å²) in [6.45, 7) is 1.86. The van der Waals surface area contributed by atoms with E-state index in [2.05, 4.69) is 14.9 Å². The van der Waals surface area contributed by atoms with Crippen LogP contribution in [-0.2, 0) is 0 Å². The van der Waals surface area contributed by atoms with Crippen molar-refractivity contribution in [3.8, 4) is 0 Å². The van der Waals surface area contributed by atoms with Gasteiger partial charge in [-0.05, 0) is 38.3 Å². The van der Waals surface area contributed by atoms with E-state index in [-0.39, 0.29) is 0 Å². The Kier molecular flexibility index (Phi) is 3.50. The molecule has 2 heterocycles. The summed E-state index contributed by atoms with van der Waals surface area (Å²) >= 11 is 0. The molecule has 1 aliphatic heterocycles. The molecule has 0 radical (unpaired) electrons. The van der Waals surface area contributed by atoms with E-state index in [4.69, 9.17) is 5.73 Å². The van der Waals surface area contributed by atoms with Gasteiger partial charge in [-0.2, -0.15) is 0 Å². The fraction of sp³-hybridized carbons (Fsp3) is 0.636. The summed E-state index contributed by atoms with van der Waals surface area (Å²) in [7, 11) is 0. The number of hydrogen-bond acceptors (Lipinski definition) is 4. The van der Waals surface area contributed by atoms with E-state index in [0.29, 0.717) is 6.04 Å². The predicted octanol–water partition coefficient (Wildman–Crippen LogP) is 1.18. The zero-order valence-electron chi connectivity index (χ0n) is 8.97. The lowest BCUT2D eigenvalue weighted by molar-refractivity contribution is 0.438. The topological polar surface area (TPSA) is 55.0 Å². The minimum absolute atomic E-state index is 0.568. The van der Waals surface area contributed by atoms with Crippen LogP contribution >= 0.6 is 0 Å². The number of aromatic nitrogens is 2. The van der Waals surface area contributed by atoms with Crippen molar-refractivity contribution in [3.05, 3.63) is 18.6 Å². The number of hydrogen-bond donors (Lipinski definition) is 1. The number of anilines is 1. The first-order valence-corrected chi connectivity index (χ1v) is 5.64. The maximum atomic E-state index is 5.64. The molecular formula is C11H18N4. The first kappa shape index (κ1) is 10.4. The second-order valence-corrected chi connectivity index (χ2v) is 3.99. The average Bonchev–Trinajstić information content (AvgIpc) is 2.31. The second-order valence-electron chi connectivity index (χ2n) is 3.99. The third-order valence-electron chi connectivity index (χ3n) is 2.99. The number of nitrogens with two attached hydrogens (primary N) is 1. The van der Waals surface area contributed by atoms with E-state index < -0.39 is 0 Å². The summed E-state index contributed by atoms with van der Waals surface area (Å²) < 4.78 is 0. The van der Waals surface area contributed by atoms with Crippen LogP contribution in [-0.4, -0.2) is 29.1 Å². The van der Waals surface area contributed by atoms with E-state index in [1.54, 1.807) is 12.5 Å². The Morgan fingerprint density at radius 3 is 3.13 bits per heavy atom. The highest BCUT2D eigenvalue weighted by Crippen LogP contribution is 2.23. The molecule has 1 unspecified atom stereocenters. The van der Waals surface area contributed by atoms with Crippen molar-refractivity contribution in [1.82, 2.24) is 9.97 Å². The molecule has 1 aromatic rings. The highest BCUT2D eigenvalue weighted by Gasteiger charge is 2.22. The molecule has 2 rings (SSSR count). The Morgan fingerprint density at radius 1 is 1.47 bits per heavy atom. The molecule has 0 saturated carbocycles. The normalized spacial score (nSPS) is 21.7. The quantitative estimate of drug-likeness (QED) is 0.807. The Labute approximate surface area is 90.5 Å². The number of nitrogens with zero attached hydrogens (tertiary/aromatic N) is 3. The van der Waals surface area contributed by atoms with Gasteiger partial charge in [-0.25, -0.2) is 9.97 Å². The maximum absolute atomic E-state index is 5.64. The summed E-state index contributed by atoms with van der Waals surface area (Å²) in [5, 5.41) is 0. The zero-order chi connectivity index (χ0) is 10.5. The van der Waals surface area contributed by atoms with Crippen molar-refractivity contribution in [3.63, 3.8) is 0 Å². The third-order valence-corrected chi connectivity index (χ3v) is 2.99. The molecule has 0 bridgehead atoms. The van der Waals surface area contributed by atoms with Crippen molar-refractivity contribution < 1.29 is 0 Å². The molecular weight excluding hydrogens is 188 g/mol. The van der Waals surface area contributed by atoms with Crippen LogP contribution in [0.4, 0.5) is 5.82 Å². The molecule has 0 aromatic carbocycles. The summed E-state index contributed by atoms with van der Waals surface area (Å²) in [6, 6.07) is 2.55. The molecule has 1 fully saturated rings. The van der Waals surface area contributed by atoms with Gasteiger partial charge >= 0.3 is 0 Å². The minimum Gasteiger partial charge on any atom is -0.353 e. The lowest BCUT2D eigenvalue weighted by Crippen LogP contribution is -2.41. The van der Waals surface area contributed by atoms with Crippen LogP contribution in [0.15, 0.2) is 18.6 Å². The molecule has 1 aliphatic rings. The molecule has 1 saturated heterocycles. The Balaban J connectivity index is 2.11. The summed E-state index contributed by atoms with van der Waals surface area (Å²) in [5.74, 6) is 1.04. The zero-order valence-corrected chi connectivity index (χ0v) is 8.97. The van der Waals surface area contributed by atoms with Gasteiger partial charge in [0.1, 0.15) is 12.1 Å². The van der Waals surface area contributed by atoms with Crippen LogP contribution < -0.4 is 10.6 Å². The molecule has 0 amide bonds. The van der Waals surface area contributed by atoms with Crippen molar-refractivity contribution in [2.45, 2.75) is 31.7 Å². The number of piperidine rings is 1. The molecule has 2 N–H and O–H groups in total. The Bertz CT molecular complexity index is 286. The van der Waals surface area contributed by atoms with Crippen LogP contribution in [0, 0.1) is 0 Å². The van der Waals surface area contributed by atoms with Gasteiger partial charge in [0.15, 0.2) is 0 Å². The molecule has 1 atom stereocenters. The highest BCUT2D eigenvalue weighted by atomic mass is 15.2. The maximum Gasteiger partial charge on any atom is 0.132 e. The minimum atomic E-state index is 0.568. The van der Waals surface area contributed by atoms with Crippen LogP contribution in [0.5, 0.6) is 0 Å². The Morgan fingerprint density at radius 2 is 2.40 bits per heavy atom. The third kappa shape index (κ3) is 2.45. The summed E-state index contributed by atoms with van der Waals surface area (Å²) in [6.07, 6.45) is 8.28. The van der Waals surface area contributed by atoms with Crippen LogP contribution in [0.2, 0.25) is 0 Å². The standard InChI is InChI=1S/C11H18N4/c12-6-4-10-3-1-2-8-15(10)11-5-7-13-9-14-11/h5,7,9-10H,1-4,6,8,12H2. The fourth-order valence-electron chi connectivity index (χ4n) is 2.25. The van der Waals surface area contributed by atoms with E-state index >= 15 is 0 Å². The van der Waals surface area contributed by atoms with E-state index in [9.17, 15) is 0 Å². The highest BCUT2D eigenvalue weighted by molar-refractivity contribution is 5.38. The molecule has 15 heavy (non-hydrogen) atoms. The first-order chi connectivity index (χ1) is 7.42. The van der Waals surface area contributed by atoms with Gasteiger partial charge in [-0.15, -0.1) is 0 Å². The van der Waals surface area contributed by atoms with Gasteiger partial charge in [-0.1, -0.05) is 0 Å². The molecule has 1 aromatic heterocycles. The SMILES string of the molecule is NCCC1CCCCN1c1ccncn1. The van der Waals surface area contributed by atoms with Gasteiger partial charge in [0.2, 0.25) is 0 Å². The monoisotopic (exact) mass is 206 g/mol. The van der Waals surface area contributed by atoms with Crippen LogP contribution in [0.1, 0.15) is 25.7 Å². The van der Waals surface area contributed by atoms with Gasteiger partial charge in [0.05, 0.1) is 0 Å². The molecule has 0 spiro atoms. The van der Waals surface area contributed by atoms with Crippen molar-refractivity contribution in [2.24, 2.45) is 5.73 Å². The van der Waals surface area contributed by atoms with Gasteiger partial charge in [-0.3, -0.25) is 0 Å². The molecule has 4 heteroatoms. The van der Waals surface area contributed by atoms with E-state index in [1.807, 2.05) is 6.07 Å². The van der Waals surface area contributed by atoms with E-state index in [1.165, 1.54) is 19.3 Å². The molecule has 4 nitrogen and oxygen atoms in total. The number of rotatable bonds is 3. The van der Waals surface area contributed by atoms with Crippen LogP contribution in [0.3, 0.4) is 0 Å². The Hall–Kier alpha value is -1.16.